The summed E-state index contributed by atoms with van der Waals surface area (Å²) in [5.41, 5.74) is 3.09. The second-order valence-corrected chi connectivity index (χ2v) is 6.88. The fraction of sp³-hybridized carbons (Fsp3) is 0.222. The Hall–Kier alpha value is -2.60. The van der Waals surface area contributed by atoms with Crippen LogP contribution in [0.4, 0.5) is 0 Å². The highest BCUT2D eigenvalue weighted by Crippen LogP contribution is 2.25. The number of H-pyrrole nitrogens is 1. The minimum absolute atomic E-state index is 0.111. The molecule has 0 aliphatic carbocycles. The highest BCUT2D eigenvalue weighted by molar-refractivity contribution is 7.71. The van der Waals surface area contributed by atoms with Crippen molar-refractivity contribution in [2.75, 3.05) is 0 Å². The van der Waals surface area contributed by atoms with Crippen LogP contribution in [0.5, 0.6) is 0 Å². The molecule has 0 amide bonds. The summed E-state index contributed by atoms with van der Waals surface area (Å²) in [6, 6.07) is 14.0. The number of benzene rings is 1. The molecule has 0 aliphatic heterocycles. The molecule has 0 unspecified atom stereocenters. The van der Waals surface area contributed by atoms with Crippen LogP contribution in [-0.4, -0.2) is 26.1 Å². The lowest BCUT2D eigenvalue weighted by Gasteiger charge is -2.18. The SMILES string of the molecule is CC(C)(C)c1ccc(-c2n[nH]c(=S)n2N=Cc2ccccn2)cc1. The molecule has 0 atom stereocenters. The van der Waals surface area contributed by atoms with Crippen LogP contribution < -0.4 is 0 Å². The Bertz CT molecular complexity index is 899. The van der Waals surface area contributed by atoms with Crippen LogP contribution in [0.25, 0.3) is 11.4 Å². The van der Waals surface area contributed by atoms with Gasteiger partial charge in [0.1, 0.15) is 0 Å². The summed E-state index contributed by atoms with van der Waals surface area (Å²) in [6.45, 7) is 6.57. The maximum absolute atomic E-state index is 5.28. The molecule has 1 N–H and O–H groups in total. The number of nitrogens with one attached hydrogen (secondary N) is 1. The Labute approximate surface area is 146 Å². The third kappa shape index (κ3) is 3.49. The lowest BCUT2D eigenvalue weighted by molar-refractivity contribution is 0.590. The van der Waals surface area contributed by atoms with Crippen molar-refractivity contribution in [3.63, 3.8) is 0 Å². The number of aromatic nitrogens is 4. The van der Waals surface area contributed by atoms with Gasteiger partial charge in [0.25, 0.3) is 0 Å². The predicted molar refractivity (Wildman–Crippen MR) is 98.8 cm³/mol. The van der Waals surface area contributed by atoms with Crippen LogP contribution in [0.1, 0.15) is 32.0 Å². The molecule has 0 bridgehead atoms. The maximum Gasteiger partial charge on any atom is 0.216 e. The van der Waals surface area contributed by atoms with Crippen molar-refractivity contribution in [3.8, 4) is 11.4 Å². The van der Waals surface area contributed by atoms with Crippen molar-refractivity contribution >= 4 is 18.4 Å². The van der Waals surface area contributed by atoms with Gasteiger partial charge in [0.2, 0.25) is 4.77 Å². The summed E-state index contributed by atoms with van der Waals surface area (Å²) in [4.78, 5) is 4.22. The Kier molecular flexibility index (Phi) is 4.40. The minimum atomic E-state index is 0.111. The summed E-state index contributed by atoms with van der Waals surface area (Å²) >= 11 is 5.28. The van der Waals surface area contributed by atoms with Crippen LogP contribution in [-0.2, 0) is 5.41 Å². The normalized spacial score (nSPS) is 12.0. The van der Waals surface area contributed by atoms with Crippen LogP contribution in [0, 0.1) is 4.77 Å². The van der Waals surface area contributed by atoms with E-state index in [4.69, 9.17) is 12.2 Å². The van der Waals surface area contributed by atoms with E-state index in [2.05, 4.69) is 53.2 Å². The lowest BCUT2D eigenvalue weighted by atomic mass is 9.87. The summed E-state index contributed by atoms with van der Waals surface area (Å²) in [5.74, 6) is 0.674. The van der Waals surface area contributed by atoms with Crippen molar-refractivity contribution in [3.05, 3.63) is 64.7 Å². The summed E-state index contributed by atoms with van der Waals surface area (Å²) in [5, 5.41) is 11.5. The first-order valence-corrected chi connectivity index (χ1v) is 8.10. The van der Waals surface area contributed by atoms with Crippen molar-refractivity contribution in [1.29, 1.82) is 0 Å². The first-order valence-electron chi connectivity index (χ1n) is 7.69. The molecule has 0 saturated heterocycles. The van der Waals surface area contributed by atoms with Gasteiger partial charge in [-0.05, 0) is 35.3 Å². The van der Waals surface area contributed by atoms with Gasteiger partial charge in [0.05, 0.1) is 11.9 Å². The third-order valence-corrected chi connectivity index (χ3v) is 3.92. The molecule has 0 aliphatic rings. The third-order valence-electron chi connectivity index (χ3n) is 3.65. The molecule has 2 heterocycles. The number of rotatable bonds is 3. The van der Waals surface area contributed by atoms with Crippen LogP contribution in [0.2, 0.25) is 0 Å². The molecule has 1 aromatic carbocycles. The van der Waals surface area contributed by atoms with Gasteiger partial charge in [-0.1, -0.05) is 51.1 Å². The number of nitrogens with zero attached hydrogens (tertiary/aromatic N) is 4. The van der Waals surface area contributed by atoms with E-state index in [1.54, 1.807) is 17.1 Å². The summed E-state index contributed by atoms with van der Waals surface area (Å²) < 4.78 is 2.05. The van der Waals surface area contributed by atoms with Gasteiger partial charge in [0.15, 0.2) is 5.82 Å². The highest BCUT2D eigenvalue weighted by atomic mass is 32.1. The molecule has 122 valence electrons. The summed E-state index contributed by atoms with van der Waals surface area (Å²) in [6.07, 6.45) is 3.39. The van der Waals surface area contributed by atoms with E-state index in [9.17, 15) is 0 Å². The van der Waals surface area contributed by atoms with Gasteiger partial charge in [0, 0.05) is 11.8 Å². The zero-order valence-electron chi connectivity index (χ0n) is 13.9. The molecule has 3 aromatic rings. The zero-order chi connectivity index (χ0) is 17.2. The van der Waals surface area contributed by atoms with Gasteiger partial charge in [-0.2, -0.15) is 14.9 Å². The topological polar surface area (TPSA) is 58.9 Å². The second-order valence-electron chi connectivity index (χ2n) is 6.49. The molecule has 0 fully saturated rings. The lowest BCUT2D eigenvalue weighted by Crippen LogP contribution is -2.10. The molecular weight excluding hydrogens is 318 g/mol. The number of pyridine rings is 1. The van der Waals surface area contributed by atoms with Gasteiger partial charge < -0.3 is 0 Å². The van der Waals surface area contributed by atoms with E-state index in [-0.39, 0.29) is 5.41 Å². The molecule has 6 heteroatoms. The maximum atomic E-state index is 5.28. The van der Waals surface area contributed by atoms with E-state index in [1.165, 1.54) is 5.56 Å². The van der Waals surface area contributed by atoms with Crippen molar-refractivity contribution in [2.45, 2.75) is 26.2 Å². The van der Waals surface area contributed by atoms with Crippen LogP contribution >= 0.6 is 12.2 Å². The fourth-order valence-electron chi connectivity index (χ4n) is 2.27. The van der Waals surface area contributed by atoms with E-state index < -0.39 is 0 Å². The van der Waals surface area contributed by atoms with E-state index in [0.29, 0.717) is 10.6 Å². The molecule has 0 spiro atoms. The zero-order valence-corrected chi connectivity index (χ0v) is 14.7. The van der Waals surface area contributed by atoms with E-state index >= 15 is 0 Å². The Morgan fingerprint density at radius 1 is 1.12 bits per heavy atom. The molecule has 5 nitrogen and oxygen atoms in total. The second kappa shape index (κ2) is 6.49. The number of hydrogen-bond donors (Lipinski definition) is 1. The van der Waals surface area contributed by atoms with Gasteiger partial charge in [-0.3, -0.25) is 4.98 Å². The minimum Gasteiger partial charge on any atom is -0.255 e. The van der Waals surface area contributed by atoms with Crippen molar-refractivity contribution < 1.29 is 0 Å². The Balaban J connectivity index is 1.96. The van der Waals surface area contributed by atoms with Gasteiger partial charge >= 0.3 is 0 Å². The molecule has 2 aromatic heterocycles. The Morgan fingerprint density at radius 3 is 2.50 bits per heavy atom. The molecule has 0 radical (unpaired) electrons. The molecule has 3 rings (SSSR count). The van der Waals surface area contributed by atoms with Crippen LogP contribution in [0.3, 0.4) is 0 Å². The van der Waals surface area contributed by atoms with Crippen molar-refractivity contribution in [2.24, 2.45) is 5.10 Å². The van der Waals surface area contributed by atoms with E-state index in [1.807, 2.05) is 30.3 Å². The quantitative estimate of drug-likeness (QED) is 0.576. The first-order chi connectivity index (χ1) is 11.4. The predicted octanol–water partition coefficient (Wildman–Crippen LogP) is 4.18. The first kappa shape index (κ1) is 16.3. The number of hydrogen-bond acceptors (Lipinski definition) is 4. The highest BCUT2D eigenvalue weighted by Gasteiger charge is 2.14. The molecule has 24 heavy (non-hydrogen) atoms. The standard InChI is InChI=1S/C18H19N5S/c1-18(2,3)14-9-7-13(8-10-14)16-21-22-17(24)23(16)20-12-15-6-4-5-11-19-15/h4-12H,1-3H3,(H,22,24). The fourth-order valence-corrected chi connectivity index (χ4v) is 2.45. The molecular formula is C18H19N5S. The largest absolute Gasteiger partial charge is 0.255 e. The average molecular weight is 337 g/mol. The average Bonchev–Trinajstić information content (AvgIpc) is 2.94. The van der Waals surface area contributed by atoms with E-state index in [0.717, 1.165) is 11.3 Å². The molecule has 0 saturated carbocycles. The van der Waals surface area contributed by atoms with Gasteiger partial charge in [-0.15, -0.1) is 0 Å². The van der Waals surface area contributed by atoms with Crippen molar-refractivity contribution in [1.82, 2.24) is 19.9 Å². The van der Waals surface area contributed by atoms with Crippen LogP contribution in [0.15, 0.2) is 53.8 Å². The Morgan fingerprint density at radius 2 is 1.88 bits per heavy atom. The smallest absolute Gasteiger partial charge is 0.216 e. The monoisotopic (exact) mass is 337 g/mol. The summed E-state index contributed by atoms with van der Waals surface area (Å²) in [7, 11) is 0. The number of aromatic amines is 1. The van der Waals surface area contributed by atoms with Gasteiger partial charge in [-0.25, -0.2) is 5.10 Å².